The van der Waals surface area contributed by atoms with Gasteiger partial charge in [0.05, 0.1) is 0 Å². The van der Waals surface area contributed by atoms with Crippen LogP contribution >= 0.6 is 0 Å². The highest BCUT2D eigenvalue weighted by molar-refractivity contribution is 5.74. The van der Waals surface area contributed by atoms with Crippen LogP contribution in [0.5, 0.6) is 0 Å². The van der Waals surface area contributed by atoms with E-state index < -0.39 is 0 Å². The van der Waals surface area contributed by atoms with Crippen molar-refractivity contribution in [3.05, 3.63) is 34.5 Å². The third-order valence-electron chi connectivity index (χ3n) is 2.59. The number of nitrogens with zero attached hydrogens (tertiary/aromatic N) is 3. The highest BCUT2D eigenvalue weighted by atomic mass is 16.1. The molecule has 0 unspecified atom stereocenters. The Bertz CT molecular complexity index is 572. The first-order valence-corrected chi connectivity index (χ1v) is 5.50. The number of aromatic nitrogens is 3. The van der Waals surface area contributed by atoms with E-state index in [2.05, 4.69) is 9.97 Å². The molecule has 0 amide bonds. The summed E-state index contributed by atoms with van der Waals surface area (Å²) in [7, 11) is 0. The van der Waals surface area contributed by atoms with Crippen LogP contribution in [-0.2, 0) is 6.42 Å². The van der Waals surface area contributed by atoms with Crippen molar-refractivity contribution in [3.63, 3.8) is 0 Å². The van der Waals surface area contributed by atoms with Gasteiger partial charge in [0.15, 0.2) is 0 Å². The summed E-state index contributed by atoms with van der Waals surface area (Å²) in [6.45, 7) is 5.97. The number of aryl methyl sites for hydroxylation is 1. The Morgan fingerprint density at radius 2 is 2.12 bits per heavy atom. The van der Waals surface area contributed by atoms with E-state index >= 15 is 0 Å². The predicted molar refractivity (Wildman–Crippen MR) is 63.6 cm³/mol. The van der Waals surface area contributed by atoms with Gasteiger partial charge < -0.3 is 0 Å². The molecule has 4 nitrogen and oxygen atoms in total. The van der Waals surface area contributed by atoms with E-state index in [1.54, 1.807) is 10.8 Å². The second kappa shape index (κ2) is 4.04. The van der Waals surface area contributed by atoms with Gasteiger partial charge in [-0.15, -0.1) is 0 Å². The van der Waals surface area contributed by atoms with E-state index in [0.29, 0.717) is 0 Å². The lowest BCUT2D eigenvalue weighted by Gasteiger charge is -2.12. The minimum Gasteiger partial charge on any atom is -0.274 e. The summed E-state index contributed by atoms with van der Waals surface area (Å²) in [5, 5.41) is 0.908. The summed E-state index contributed by atoms with van der Waals surface area (Å²) in [5.74, 6) is 0. The standard InChI is InChI=1S/C12H15N3O/c1-4-10-6-5-9-7-13-12(16)15(8(2)3)11(9)14-10/h5-8H,4H2,1-3H3. The fraction of sp³-hybridized carbons (Fsp3) is 0.417. The number of hydrogen-bond donors (Lipinski definition) is 0. The monoisotopic (exact) mass is 217 g/mol. The van der Waals surface area contributed by atoms with Gasteiger partial charge >= 0.3 is 5.69 Å². The first kappa shape index (κ1) is 10.8. The molecule has 84 valence electrons. The van der Waals surface area contributed by atoms with Crippen molar-refractivity contribution >= 4 is 11.0 Å². The van der Waals surface area contributed by atoms with Crippen molar-refractivity contribution in [2.24, 2.45) is 0 Å². The van der Waals surface area contributed by atoms with Gasteiger partial charge in [0.25, 0.3) is 0 Å². The quantitative estimate of drug-likeness (QED) is 0.772. The first-order valence-electron chi connectivity index (χ1n) is 5.50. The van der Waals surface area contributed by atoms with Crippen LogP contribution < -0.4 is 5.69 Å². The van der Waals surface area contributed by atoms with Crippen LogP contribution in [0.4, 0.5) is 0 Å². The SMILES string of the molecule is CCc1ccc2cnc(=O)n(C(C)C)c2n1. The Labute approximate surface area is 94.0 Å². The van der Waals surface area contributed by atoms with Crippen LogP contribution in [0.3, 0.4) is 0 Å². The molecule has 0 aliphatic carbocycles. The van der Waals surface area contributed by atoms with Gasteiger partial charge in [0.2, 0.25) is 0 Å². The molecule has 0 N–H and O–H groups in total. The van der Waals surface area contributed by atoms with Crippen molar-refractivity contribution < 1.29 is 0 Å². The van der Waals surface area contributed by atoms with Crippen molar-refractivity contribution in [1.29, 1.82) is 0 Å². The Morgan fingerprint density at radius 3 is 2.75 bits per heavy atom. The third kappa shape index (κ3) is 1.71. The second-order valence-electron chi connectivity index (χ2n) is 4.07. The lowest BCUT2D eigenvalue weighted by molar-refractivity contribution is 0.580. The smallest absolute Gasteiger partial charge is 0.274 e. The van der Waals surface area contributed by atoms with Crippen LogP contribution in [0.1, 0.15) is 32.5 Å². The topological polar surface area (TPSA) is 47.8 Å². The average Bonchev–Trinajstić information content (AvgIpc) is 2.27. The first-order chi connectivity index (χ1) is 7.63. The van der Waals surface area contributed by atoms with E-state index in [-0.39, 0.29) is 11.7 Å². The predicted octanol–water partition coefficient (Wildman–Crippen LogP) is 1.93. The highest BCUT2D eigenvalue weighted by Crippen LogP contribution is 2.13. The molecule has 0 saturated carbocycles. The van der Waals surface area contributed by atoms with Gasteiger partial charge in [0.1, 0.15) is 5.65 Å². The van der Waals surface area contributed by atoms with Crippen molar-refractivity contribution in [2.45, 2.75) is 33.2 Å². The molecule has 0 atom stereocenters. The van der Waals surface area contributed by atoms with Gasteiger partial charge in [0, 0.05) is 23.3 Å². The Kier molecular flexibility index (Phi) is 2.73. The number of rotatable bonds is 2. The molecule has 0 aliphatic heterocycles. The minimum absolute atomic E-state index is 0.0725. The molecule has 0 bridgehead atoms. The lowest BCUT2D eigenvalue weighted by atomic mass is 10.2. The summed E-state index contributed by atoms with van der Waals surface area (Å²) < 4.78 is 1.63. The molecule has 4 heteroatoms. The van der Waals surface area contributed by atoms with Crippen molar-refractivity contribution in [1.82, 2.24) is 14.5 Å². The van der Waals surface area contributed by atoms with Gasteiger partial charge in [-0.25, -0.2) is 14.8 Å². The maximum Gasteiger partial charge on any atom is 0.349 e. The van der Waals surface area contributed by atoms with E-state index in [4.69, 9.17) is 0 Å². The van der Waals surface area contributed by atoms with Crippen molar-refractivity contribution in [2.75, 3.05) is 0 Å². The minimum atomic E-state index is -0.233. The van der Waals surface area contributed by atoms with Gasteiger partial charge in [-0.05, 0) is 32.4 Å². The second-order valence-corrected chi connectivity index (χ2v) is 4.07. The van der Waals surface area contributed by atoms with E-state index in [1.165, 1.54) is 0 Å². The average molecular weight is 217 g/mol. The maximum absolute atomic E-state index is 11.7. The Hall–Kier alpha value is -1.71. The van der Waals surface area contributed by atoms with E-state index in [1.807, 2.05) is 32.9 Å². The lowest BCUT2D eigenvalue weighted by Crippen LogP contribution is -2.25. The van der Waals surface area contributed by atoms with Crippen LogP contribution in [0.25, 0.3) is 11.0 Å². The van der Waals surface area contributed by atoms with Crippen LogP contribution in [0.15, 0.2) is 23.1 Å². The van der Waals surface area contributed by atoms with Gasteiger partial charge in [-0.3, -0.25) is 4.57 Å². The van der Waals surface area contributed by atoms with E-state index in [0.717, 1.165) is 23.1 Å². The molecule has 16 heavy (non-hydrogen) atoms. The fourth-order valence-corrected chi connectivity index (χ4v) is 1.73. The molecule has 2 heterocycles. The molecule has 0 aliphatic rings. The number of fused-ring (bicyclic) bond motifs is 1. The van der Waals surface area contributed by atoms with Crippen molar-refractivity contribution in [3.8, 4) is 0 Å². The fourth-order valence-electron chi connectivity index (χ4n) is 1.73. The van der Waals surface area contributed by atoms with E-state index in [9.17, 15) is 4.79 Å². The van der Waals surface area contributed by atoms with Crippen LogP contribution in [-0.4, -0.2) is 14.5 Å². The molecule has 2 aromatic heterocycles. The summed E-state index contributed by atoms with van der Waals surface area (Å²) in [5.41, 5.74) is 1.49. The number of hydrogen-bond acceptors (Lipinski definition) is 3. The molecule has 2 rings (SSSR count). The largest absolute Gasteiger partial charge is 0.349 e. The molecule has 0 radical (unpaired) electrons. The Morgan fingerprint density at radius 1 is 1.38 bits per heavy atom. The molecule has 0 aromatic carbocycles. The molecule has 2 aromatic rings. The zero-order valence-electron chi connectivity index (χ0n) is 9.77. The summed E-state index contributed by atoms with van der Waals surface area (Å²) >= 11 is 0. The summed E-state index contributed by atoms with van der Waals surface area (Å²) in [6.07, 6.45) is 2.45. The maximum atomic E-state index is 11.7. The molecular formula is C12H15N3O. The van der Waals surface area contributed by atoms with Crippen LogP contribution in [0.2, 0.25) is 0 Å². The van der Waals surface area contributed by atoms with Gasteiger partial charge in [-0.1, -0.05) is 6.92 Å². The zero-order chi connectivity index (χ0) is 11.7. The molecular weight excluding hydrogens is 202 g/mol. The highest BCUT2D eigenvalue weighted by Gasteiger charge is 2.08. The normalized spacial score (nSPS) is 11.2. The molecule has 0 fully saturated rings. The Balaban J connectivity index is 2.83. The number of pyridine rings is 1. The van der Waals surface area contributed by atoms with Gasteiger partial charge in [-0.2, -0.15) is 0 Å². The molecule has 0 spiro atoms. The molecule has 0 saturated heterocycles. The third-order valence-corrected chi connectivity index (χ3v) is 2.59. The zero-order valence-corrected chi connectivity index (χ0v) is 9.77. The summed E-state index contributed by atoms with van der Waals surface area (Å²) in [4.78, 5) is 20.0. The summed E-state index contributed by atoms with van der Waals surface area (Å²) in [6, 6.07) is 4.01. The van der Waals surface area contributed by atoms with Crippen LogP contribution in [0, 0.1) is 0 Å².